The molecule has 0 atom stereocenters. The van der Waals surface area contributed by atoms with Crippen LogP contribution in [-0.2, 0) is 4.79 Å². The summed E-state index contributed by atoms with van der Waals surface area (Å²) in [6, 6.07) is 6.79. The van der Waals surface area contributed by atoms with Crippen molar-refractivity contribution in [2.45, 2.75) is 71.9 Å². The molecule has 1 aromatic rings. The van der Waals surface area contributed by atoms with Gasteiger partial charge < -0.3 is 9.64 Å². The maximum atomic E-state index is 12.5. The minimum absolute atomic E-state index is 0.228. The highest BCUT2D eigenvalue weighted by Gasteiger charge is 2.28. The van der Waals surface area contributed by atoms with Crippen LogP contribution >= 0.6 is 0 Å². The van der Waals surface area contributed by atoms with E-state index in [1.165, 1.54) is 24.0 Å². The molecule has 0 bridgehead atoms. The van der Waals surface area contributed by atoms with E-state index in [9.17, 15) is 4.79 Å². The quantitative estimate of drug-likeness (QED) is 0.786. The second-order valence-electron chi connectivity index (χ2n) is 6.68. The van der Waals surface area contributed by atoms with Crippen molar-refractivity contribution in [3.8, 4) is 5.75 Å². The van der Waals surface area contributed by atoms with Gasteiger partial charge in [0.25, 0.3) is 0 Å². The van der Waals surface area contributed by atoms with Crippen LogP contribution in [0.4, 0.5) is 0 Å². The molecular weight excluding hydrogens is 274 g/mol. The molecule has 0 spiro atoms. The van der Waals surface area contributed by atoms with Gasteiger partial charge in [-0.3, -0.25) is 4.79 Å². The summed E-state index contributed by atoms with van der Waals surface area (Å²) < 4.78 is 5.76. The van der Waals surface area contributed by atoms with Gasteiger partial charge in [0.1, 0.15) is 5.75 Å². The first kappa shape index (κ1) is 16.9. The Kier molecular flexibility index (Phi) is 5.87. The normalized spacial score (nSPS) is 15.3. The van der Waals surface area contributed by atoms with Crippen LogP contribution in [0.3, 0.4) is 0 Å². The Morgan fingerprint density at radius 3 is 2.50 bits per heavy atom. The lowest BCUT2D eigenvalue weighted by molar-refractivity contribution is -0.135. The van der Waals surface area contributed by atoms with Gasteiger partial charge in [0.2, 0.25) is 5.91 Å². The zero-order valence-electron chi connectivity index (χ0n) is 14.4. The fourth-order valence-electron chi connectivity index (χ4n) is 3.28. The first-order valence-electron chi connectivity index (χ1n) is 8.50. The van der Waals surface area contributed by atoms with E-state index in [2.05, 4.69) is 38.7 Å². The molecule has 2 rings (SSSR count). The minimum Gasteiger partial charge on any atom is -0.493 e. The van der Waals surface area contributed by atoms with Crippen molar-refractivity contribution in [1.29, 1.82) is 0 Å². The molecule has 3 heteroatoms. The van der Waals surface area contributed by atoms with Crippen molar-refractivity contribution >= 4 is 5.91 Å². The Hall–Kier alpha value is -1.51. The molecule has 0 aromatic heterocycles. The predicted octanol–water partition coefficient (Wildman–Crippen LogP) is 4.25. The molecule has 1 aliphatic rings. The van der Waals surface area contributed by atoms with Crippen molar-refractivity contribution in [1.82, 2.24) is 4.90 Å². The van der Waals surface area contributed by atoms with Gasteiger partial charge in [0.05, 0.1) is 13.0 Å². The maximum Gasteiger partial charge on any atom is 0.226 e. The van der Waals surface area contributed by atoms with Crippen molar-refractivity contribution < 1.29 is 9.53 Å². The topological polar surface area (TPSA) is 29.5 Å². The number of rotatable bonds is 6. The number of ether oxygens (including phenoxy) is 1. The zero-order valence-corrected chi connectivity index (χ0v) is 14.4. The third kappa shape index (κ3) is 4.25. The van der Waals surface area contributed by atoms with E-state index in [-0.39, 0.29) is 11.9 Å². The van der Waals surface area contributed by atoms with Crippen LogP contribution < -0.4 is 4.74 Å². The van der Waals surface area contributed by atoms with Crippen molar-refractivity contribution in [3.05, 3.63) is 29.3 Å². The first-order chi connectivity index (χ1) is 10.5. The Morgan fingerprint density at radius 1 is 1.23 bits per heavy atom. The summed E-state index contributed by atoms with van der Waals surface area (Å²) in [6.45, 7) is 8.84. The molecule has 0 heterocycles. The van der Waals surface area contributed by atoms with Gasteiger partial charge in [-0.25, -0.2) is 0 Å². The first-order valence-corrected chi connectivity index (χ1v) is 8.50. The van der Waals surface area contributed by atoms with E-state index in [4.69, 9.17) is 4.74 Å². The number of aryl methyl sites for hydroxylation is 2. The molecule has 1 saturated carbocycles. The number of carbonyl (C=O) groups excluding carboxylic acids is 1. The SMILES string of the molecule is Cc1ccc(OCCC(=O)N(C(C)C)C2CCCC2)cc1C. The molecule has 1 fully saturated rings. The van der Waals surface area contributed by atoms with Gasteiger partial charge in [-0.2, -0.15) is 0 Å². The molecule has 1 aliphatic carbocycles. The highest BCUT2D eigenvalue weighted by Crippen LogP contribution is 2.26. The summed E-state index contributed by atoms with van der Waals surface area (Å²) >= 11 is 0. The molecule has 22 heavy (non-hydrogen) atoms. The molecule has 1 aromatic carbocycles. The lowest BCUT2D eigenvalue weighted by atomic mass is 10.1. The third-order valence-corrected chi connectivity index (χ3v) is 4.63. The molecule has 1 amide bonds. The van der Waals surface area contributed by atoms with Crippen LogP contribution in [0.5, 0.6) is 5.75 Å². The number of hydrogen-bond donors (Lipinski definition) is 0. The minimum atomic E-state index is 0.228. The van der Waals surface area contributed by atoms with Crippen molar-refractivity contribution in [3.63, 3.8) is 0 Å². The third-order valence-electron chi connectivity index (χ3n) is 4.63. The smallest absolute Gasteiger partial charge is 0.226 e. The number of benzene rings is 1. The molecule has 0 radical (unpaired) electrons. The van der Waals surface area contributed by atoms with Crippen LogP contribution in [0.2, 0.25) is 0 Å². The van der Waals surface area contributed by atoms with E-state index in [0.29, 0.717) is 19.1 Å². The standard InChI is InChI=1S/C19H29NO2/c1-14(2)20(17-7-5-6-8-17)19(21)11-12-22-18-10-9-15(3)16(4)13-18/h9-10,13-14,17H,5-8,11-12H2,1-4H3. The van der Waals surface area contributed by atoms with E-state index in [1.807, 2.05) is 12.1 Å². The molecule has 0 N–H and O–H groups in total. The predicted molar refractivity (Wildman–Crippen MR) is 90.3 cm³/mol. The fraction of sp³-hybridized carbons (Fsp3) is 0.632. The largest absolute Gasteiger partial charge is 0.493 e. The van der Waals surface area contributed by atoms with Crippen molar-refractivity contribution in [2.24, 2.45) is 0 Å². The number of nitrogens with zero attached hydrogens (tertiary/aromatic N) is 1. The second-order valence-corrected chi connectivity index (χ2v) is 6.68. The Labute approximate surface area is 134 Å². The molecule has 0 unspecified atom stereocenters. The molecule has 0 saturated heterocycles. The maximum absolute atomic E-state index is 12.5. The molecule has 122 valence electrons. The summed E-state index contributed by atoms with van der Waals surface area (Å²) in [5.41, 5.74) is 2.48. The average molecular weight is 303 g/mol. The monoisotopic (exact) mass is 303 g/mol. The van der Waals surface area contributed by atoms with Crippen LogP contribution in [0.15, 0.2) is 18.2 Å². The molecule has 0 aliphatic heterocycles. The van der Waals surface area contributed by atoms with Crippen molar-refractivity contribution in [2.75, 3.05) is 6.61 Å². The van der Waals surface area contributed by atoms with Crippen LogP contribution in [0.1, 0.15) is 57.1 Å². The van der Waals surface area contributed by atoms with Gasteiger partial charge >= 0.3 is 0 Å². The molecule has 3 nitrogen and oxygen atoms in total. The summed E-state index contributed by atoms with van der Waals surface area (Å²) in [5.74, 6) is 1.08. The summed E-state index contributed by atoms with van der Waals surface area (Å²) in [6.07, 6.45) is 5.27. The summed E-state index contributed by atoms with van der Waals surface area (Å²) in [5, 5.41) is 0. The van der Waals surface area contributed by atoms with Crippen LogP contribution in [0, 0.1) is 13.8 Å². The Balaban J connectivity index is 1.86. The average Bonchev–Trinajstić information content (AvgIpc) is 2.96. The van der Waals surface area contributed by atoms with Gasteiger partial charge in [-0.05, 0) is 63.8 Å². The van der Waals surface area contributed by atoms with Gasteiger partial charge in [-0.1, -0.05) is 18.9 Å². The van der Waals surface area contributed by atoms with Crippen LogP contribution in [-0.4, -0.2) is 29.5 Å². The second kappa shape index (κ2) is 7.66. The summed E-state index contributed by atoms with van der Waals surface area (Å²) in [7, 11) is 0. The number of hydrogen-bond acceptors (Lipinski definition) is 2. The Bertz CT molecular complexity index is 504. The molecular formula is C19H29NO2. The summed E-state index contributed by atoms with van der Waals surface area (Å²) in [4.78, 5) is 14.6. The van der Waals surface area contributed by atoms with E-state index >= 15 is 0 Å². The van der Waals surface area contributed by atoms with E-state index < -0.39 is 0 Å². The zero-order chi connectivity index (χ0) is 16.1. The lowest BCUT2D eigenvalue weighted by Crippen LogP contribution is -2.44. The number of carbonyl (C=O) groups is 1. The number of amides is 1. The fourth-order valence-corrected chi connectivity index (χ4v) is 3.28. The van der Waals surface area contributed by atoms with E-state index in [1.54, 1.807) is 0 Å². The van der Waals surface area contributed by atoms with Gasteiger partial charge in [-0.15, -0.1) is 0 Å². The van der Waals surface area contributed by atoms with Gasteiger partial charge in [0.15, 0.2) is 0 Å². The highest BCUT2D eigenvalue weighted by molar-refractivity contribution is 5.77. The Morgan fingerprint density at radius 2 is 1.91 bits per heavy atom. The highest BCUT2D eigenvalue weighted by atomic mass is 16.5. The van der Waals surface area contributed by atoms with Gasteiger partial charge in [0, 0.05) is 12.1 Å². The van der Waals surface area contributed by atoms with Crippen LogP contribution in [0.25, 0.3) is 0 Å². The van der Waals surface area contributed by atoms with E-state index in [0.717, 1.165) is 18.6 Å². The lowest BCUT2D eigenvalue weighted by Gasteiger charge is -2.33.